The predicted molar refractivity (Wildman–Crippen MR) is 118 cm³/mol. The summed E-state index contributed by atoms with van der Waals surface area (Å²) in [6.45, 7) is 0. The highest BCUT2D eigenvalue weighted by Crippen LogP contribution is 2.38. The lowest BCUT2D eigenvalue weighted by atomic mass is 10.0. The summed E-state index contributed by atoms with van der Waals surface area (Å²) in [5.74, 6) is 0. The molecule has 14 heteroatoms. The molecular weight excluding hydrogens is 488 g/mol. The van der Waals surface area contributed by atoms with E-state index in [0.29, 0.717) is 40.7 Å². The molecule has 5 rings (SSSR count). The number of benzene rings is 1. The Balaban J connectivity index is 1.74. The molecule has 0 atom stereocenters. The van der Waals surface area contributed by atoms with Gasteiger partial charge in [0.15, 0.2) is 5.01 Å². The normalized spacial score (nSPS) is 15.0. The first-order chi connectivity index (χ1) is 16.1. The summed E-state index contributed by atoms with van der Waals surface area (Å²) in [6.07, 6.45) is 1.00. The zero-order chi connectivity index (χ0) is 24.3. The summed E-state index contributed by atoms with van der Waals surface area (Å²) >= 11 is 0.631. The zero-order valence-corrected chi connectivity index (χ0v) is 19.1. The molecule has 0 unspecified atom stereocenters. The highest BCUT2D eigenvalue weighted by Gasteiger charge is 2.47. The molecule has 0 bridgehead atoms. The van der Waals surface area contributed by atoms with E-state index >= 15 is 0 Å². The number of sulfonamides is 1. The molecule has 174 valence electrons. The Labute approximate surface area is 195 Å². The zero-order valence-electron chi connectivity index (χ0n) is 17.4. The quantitative estimate of drug-likeness (QED) is 0.427. The van der Waals surface area contributed by atoms with Crippen LogP contribution in [0.1, 0.15) is 24.3 Å². The van der Waals surface area contributed by atoms with Crippen LogP contribution in [0.4, 0.5) is 8.78 Å². The summed E-state index contributed by atoms with van der Waals surface area (Å²) < 4.78 is 57.5. The van der Waals surface area contributed by atoms with Crippen LogP contribution in [-0.2, 0) is 17.1 Å². The fraction of sp³-hybridized carbons (Fsp3) is 0.250. The molecule has 34 heavy (non-hydrogen) atoms. The van der Waals surface area contributed by atoms with Crippen molar-refractivity contribution in [3.8, 4) is 22.3 Å². The third-order valence-electron chi connectivity index (χ3n) is 5.46. The van der Waals surface area contributed by atoms with E-state index < -0.39 is 27.0 Å². The van der Waals surface area contributed by atoms with E-state index in [1.54, 1.807) is 19.3 Å². The van der Waals surface area contributed by atoms with E-state index in [2.05, 4.69) is 20.0 Å². The van der Waals surface area contributed by atoms with E-state index in [9.17, 15) is 27.3 Å². The lowest BCUT2D eigenvalue weighted by Gasteiger charge is -2.13. The number of nitrogens with zero attached hydrogens (tertiary/aromatic N) is 6. The standard InChI is InChI=1S/C20H15F2N7O3S2/c1-28-9-11(2-3-16(28)30)13-6-12(34(31,32)27-20(10-23)4-5-20)7-15-14(13)8-24-29(15)19-26-25-18(33-19)17(21)22/h2-3,6-9,17,27H,4-5H2,1H3. The monoisotopic (exact) mass is 503 g/mol. The number of halogens is 2. The minimum absolute atomic E-state index is 0.0370. The molecule has 1 fully saturated rings. The number of hydrogen-bond acceptors (Lipinski definition) is 8. The summed E-state index contributed by atoms with van der Waals surface area (Å²) in [5, 5.41) is 20.9. The van der Waals surface area contributed by atoms with Crippen molar-refractivity contribution in [1.82, 2.24) is 29.3 Å². The summed E-state index contributed by atoms with van der Waals surface area (Å²) in [4.78, 5) is 11.7. The van der Waals surface area contributed by atoms with Crippen molar-refractivity contribution in [2.75, 3.05) is 0 Å². The van der Waals surface area contributed by atoms with Crippen LogP contribution in [0.25, 0.3) is 27.2 Å². The Bertz CT molecular complexity index is 1650. The molecule has 0 amide bonds. The van der Waals surface area contributed by atoms with Crippen LogP contribution < -0.4 is 10.3 Å². The van der Waals surface area contributed by atoms with Gasteiger partial charge in [0, 0.05) is 24.7 Å². The van der Waals surface area contributed by atoms with Gasteiger partial charge in [-0.25, -0.2) is 21.9 Å². The van der Waals surface area contributed by atoms with Gasteiger partial charge < -0.3 is 4.57 Å². The minimum Gasteiger partial charge on any atom is -0.318 e. The van der Waals surface area contributed by atoms with E-state index in [1.165, 1.54) is 33.6 Å². The molecule has 3 aromatic heterocycles. The Morgan fingerprint density at radius 1 is 1.26 bits per heavy atom. The van der Waals surface area contributed by atoms with Gasteiger partial charge in [-0.15, -0.1) is 10.2 Å². The number of aromatic nitrogens is 5. The molecule has 4 aromatic rings. The molecule has 1 aliphatic carbocycles. The molecule has 0 radical (unpaired) electrons. The van der Waals surface area contributed by atoms with Crippen molar-refractivity contribution in [2.45, 2.75) is 29.7 Å². The lowest BCUT2D eigenvalue weighted by molar-refractivity contribution is 0.150. The number of pyridine rings is 1. The van der Waals surface area contributed by atoms with Crippen LogP contribution in [0.15, 0.2) is 46.3 Å². The molecule has 0 spiro atoms. The van der Waals surface area contributed by atoms with Crippen molar-refractivity contribution in [3.05, 3.63) is 52.0 Å². The van der Waals surface area contributed by atoms with Crippen LogP contribution >= 0.6 is 11.3 Å². The Morgan fingerprint density at radius 2 is 2.03 bits per heavy atom. The van der Waals surface area contributed by atoms with Gasteiger partial charge in [0.1, 0.15) is 5.54 Å². The topological polar surface area (TPSA) is 136 Å². The number of alkyl halides is 2. The molecule has 0 saturated heterocycles. The lowest BCUT2D eigenvalue weighted by Crippen LogP contribution is -2.35. The second kappa shape index (κ2) is 7.76. The third-order valence-corrected chi connectivity index (χ3v) is 7.88. The average molecular weight is 504 g/mol. The molecule has 1 aromatic carbocycles. The van der Waals surface area contributed by atoms with E-state index in [-0.39, 0.29) is 21.1 Å². The largest absolute Gasteiger partial charge is 0.318 e. The van der Waals surface area contributed by atoms with Crippen LogP contribution in [0, 0.1) is 11.3 Å². The first-order valence-electron chi connectivity index (χ1n) is 9.88. The van der Waals surface area contributed by atoms with Crippen molar-refractivity contribution in [2.24, 2.45) is 7.05 Å². The number of nitrogens with one attached hydrogen (secondary N) is 1. The maximum absolute atomic E-state index is 13.2. The van der Waals surface area contributed by atoms with Crippen LogP contribution in [0.2, 0.25) is 0 Å². The van der Waals surface area contributed by atoms with Crippen molar-refractivity contribution < 1.29 is 17.2 Å². The molecule has 1 aliphatic rings. The van der Waals surface area contributed by atoms with Gasteiger partial charge in [0.25, 0.3) is 6.43 Å². The van der Waals surface area contributed by atoms with E-state index in [4.69, 9.17) is 0 Å². The fourth-order valence-electron chi connectivity index (χ4n) is 3.48. The Morgan fingerprint density at radius 3 is 2.65 bits per heavy atom. The highest BCUT2D eigenvalue weighted by atomic mass is 32.2. The summed E-state index contributed by atoms with van der Waals surface area (Å²) in [7, 11) is -2.57. The number of aryl methyl sites for hydroxylation is 1. The van der Waals surface area contributed by atoms with Crippen LogP contribution in [0.5, 0.6) is 0 Å². The van der Waals surface area contributed by atoms with Crippen LogP contribution in [-0.4, -0.2) is 38.5 Å². The number of hydrogen-bond donors (Lipinski definition) is 1. The SMILES string of the molecule is Cn1cc(-c2cc(S(=O)(=O)NC3(C#N)CC3)cc3c2cnn3-c2nnc(C(F)F)s2)ccc1=O. The highest BCUT2D eigenvalue weighted by molar-refractivity contribution is 7.89. The average Bonchev–Trinajstić information content (AvgIpc) is 3.20. The van der Waals surface area contributed by atoms with Gasteiger partial charge in [-0.3, -0.25) is 4.79 Å². The Hall–Kier alpha value is -3.54. The van der Waals surface area contributed by atoms with Crippen LogP contribution in [0.3, 0.4) is 0 Å². The number of fused-ring (bicyclic) bond motifs is 1. The summed E-state index contributed by atoms with van der Waals surface area (Å²) in [5.41, 5.74) is -0.128. The first-order valence-corrected chi connectivity index (χ1v) is 12.2. The molecular formula is C20H15F2N7O3S2. The van der Waals surface area contributed by atoms with Gasteiger partial charge in [-0.2, -0.15) is 15.1 Å². The van der Waals surface area contributed by atoms with Gasteiger partial charge in [0.2, 0.25) is 20.7 Å². The molecule has 10 nitrogen and oxygen atoms in total. The van der Waals surface area contributed by atoms with Gasteiger partial charge in [-0.1, -0.05) is 11.3 Å². The molecule has 3 heterocycles. The molecule has 1 N–H and O–H groups in total. The van der Waals surface area contributed by atoms with Gasteiger partial charge in [-0.05, 0) is 42.2 Å². The first kappa shape index (κ1) is 22.3. The predicted octanol–water partition coefficient (Wildman–Crippen LogP) is 2.51. The van der Waals surface area contributed by atoms with Gasteiger partial charge in [0.05, 0.1) is 22.7 Å². The second-order valence-electron chi connectivity index (χ2n) is 7.85. The van der Waals surface area contributed by atoms with E-state index in [0.717, 1.165) is 0 Å². The van der Waals surface area contributed by atoms with Crippen molar-refractivity contribution in [3.63, 3.8) is 0 Å². The van der Waals surface area contributed by atoms with E-state index in [1.807, 2.05) is 6.07 Å². The second-order valence-corrected chi connectivity index (χ2v) is 10.5. The maximum Gasteiger partial charge on any atom is 0.291 e. The number of rotatable bonds is 6. The number of nitriles is 1. The smallest absolute Gasteiger partial charge is 0.291 e. The molecule has 0 aliphatic heterocycles. The summed E-state index contributed by atoms with van der Waals surface area (Å²) in [6, 6.07) is 7.65. The maximum atomic E-state index is 13.2. The molecule has 1 saturated carbocycles. The fourth-order valence-corrected chi connectivity index (χ4v) is 5.57. The Kier molecular flexibility index (Phi) is 5.08. The third kappa shape index (κ3) is 3.77. The van der Waals surface area contributed by atoms with Gasteiger partial charge >= 0.3 is 0 Å². The minimum atomic E-state index is -4.13. The van der Waals surface area contributed by atoms with Crippen molar-refractivity contribution >= 4 is 32.3 Å². The van der Waals surface area contributed by atoms with Crippen molar-refractivity contribution in [1.29, 1.82) is 5.26 Å².